The van der Waals surface area contributed by atoms with Crippen molar-refractivity contribution in [3.8, 4) is 0 Å². The van der Waals surface area contributed by atoms with E-state index in [1.807, 2.05) is 43.3 Å². The quantitative estimate of drug-likeness (QED) is 0.602. The molecule has 0 saturated heterocycles. The van der Waals surface area contributed by atoms with Crippen LogP contribution in [0.25, 0.3) is 0 Å². The fraction of sp³-hybridized carbons (Fsp3) is 0.500. The van der Waals surface area contributed by atoms with Gasteiger partial charge in [-0.15, -0.1) is 0 Å². The number of carbonyl (C=O) groups is 1. The predicted octanol–water partition coefficient (Wildman–Crippen LogP) is 4.37. The summed E-state index contributed by atoms with van der Waals surface area (Å²) >= 11 is 0. The van der Waals surface area contributed by atoms with Crippen LogP contribution in [0.4, 0.5) is 0 Å². The van der Waals surface area contributed by atoms with Crippen LogP contribution in [0.5, 0.6) is 0 Å². The molecule has 2 fully saturated rings. The molecule has 2 aliphatic carbocycles. The molecule has 0 bridgehead atoms. The normalized spacial score (nSPS) is 32.5. The third kappa shape index (κ3) is 2.28. The molecular weight excluding hydrogens is 248 g/mol. The second-order valence-electron chi connectivity index (χ2n) is 6.07. The minimum absolute atomic E-state index is 0.187. The number of hydrogen-bond acceptors (Lipinski definition) is 2. The fourth-order valence-corrected chi connectivity index (χ4v) is 3.93. The Hall–Kier alpha value is -1.57. The van der Waals surface area contributed by atoms with Crippen molar-refractivity contribution in [1.82, 2.24) is 0 Å². The Morgan fingerprint density at radius 2 is 2.00 bits per heavy atom. The van der Waals surface area contributed by atoms with Gasteiger partial charge in [0.25, 0.3) is 0 Å². The van der Waals surface area contributed by atoms with E-state index in [1.165, 1.54) is 25.7 Å². The molecule has 0 N–H and O–H groups in total. The number of hydrogen-bond donors (Lipinski definition) is 0. The van der Waals surface area contributed by atoms with E-state index in [0.717, 1.165) is 12.3 Å². The van der Waals surface area contributed by atoms with Crippen LogP contribution in [0.1, 0.15) is 49.4 Å². The average Bonchev–Trinajstić information content (AvgIpc) is 2.47. The Kier molecular flexibility index (Phi) is 3.64. The zero-order valence-electron chi connectivity index (χ0n) is 12.0. The van der Waals surface area contributed by atoms with Crippen molar-refractivity contribution in [3.05, 3.63) is 48.0 Å². The summed E-state index contributed by atoms with van der Waals surface area (Å²) < 4.78 is 5.94. The monoisotopic (exact) mass is 270 g/mol. The molecule has 2 saturated carbocycles. The van der Waals surface area contributed by atoms with Gasteiger partial charge in [0, 0.05) is 5.92 Å². The van der Waals surface area contributed by atoms with E-state index >= 15 is 0 Å². The van der Waals surface area contributed by atoms with Crippen molar-refractivity contribution in [2.24, 2.45) is 11.8 Å². The summed E-state index contributed by atoms with van der Waals surface area (Å²) in [4.78, 5) is 12.3. The highest BCUT2D eigenvalue weighted by atomic mass is 16.6. The van der Waals surface area contributed by atoms with Crippen molar-refractivity contribution < 1.29 is 9.53 Å². The topological polar surface area (TPSA) is 26.3 Å². The molecule has 1 aromatic rings. The van der Waals surface area contributed by atoms with Gasteiger partial charge in [-0.3, -0.25) is 0 Å². The SMILES string of the molecule is C/C=C\C1(OC(=O)c2ccccc2)CC2CCCCC21. The lowest BCUT2D eigenvalue weighted by molar-refractivity contribution is -0.127. The Balaban J connectivity index is 1.77. The summed E-state index contributed by atoms with van der Waals surface area (Å²) in [7, 11) is 0. The molecular formula is C18H22O2. The van der Waals surface area contributed by atoms with Crippen LogP contribution in [-0.2, 0) is 4.74 Å². The Bertz CT molecular complexity index is 505. The standard InChI is InChI=1S/C18H22O2/c1-2-12-18(13-15-10-6-7-11-16(15)18)20-17(19)14-8-4-3-5-9-14/h2-5,8-9,12,15-16H,6-7,10-11,13H2,1H3/b12-2-. The van der Waals surface area contributed by atoms with Crippen LogP contribution in [-0.4, -0.2) is 11.6 Å². The highest BCUT2D eigenvalue weighted by molar-refractivity contribution is 5.89. The number of carbonyl (C=O) groups excluding carboxylic acids is 1. The molecule has 3 atom stereocenters. The average molecular weight is 270 g/mol. The van der Waals surface area contributed by atoms with Crippen molar-refractivity contribution in [2.75, 3.05) is 0 Å². The molecule has 0 radical (unpaired) electrons. The van der Waals surface area contributed by atoms with Gasteiger partial charge in [-0.05, 0) is 50.3 Å². The van der Waals surface area contributed by atoms with Crippen LogP contribution < -0.4 is 0 Å². The third-order valence-corrected chi connectivity index (χ3v) is 4.86. The van der Waals surface area contributed by atoms with Crippen molar-refractivity contribution in [2.45, 2.75) is 44.6 Å². The molecule has 20 heavy (non-hydrogen) atoms. The molecule has 2 nitrogen and oxygen atoms in total. The summed E-state index contributed by atoms with van der Waals surface area (Å²) in [5, 5.41) is 0. The highest BCUT2D eigenvalue weighted by Crippen LogP contribution is 2.54. The van der Waals surface area contributed by atoms with E-state index in [4.69, 9.17) is 4.74 Å². The molecule has 0 spiro atoms. The predicted molar refractivity (Wildman–Crippen MR) is 79.5 cm³/mol. The maximum absolute atomic E-state index is 12.3. The Labute approximate surface area is 120 Å². The highest BCUT2D eigenvalue weighted by Gasteiger charge is 2.55. The van der Waals surface area contributed by atoms with Crippen molar-refractivity contribution >= 4 is 5.97 Å². The second kappa shape index (κ2) is 5.43. The number of rotatable bonds is 3. The number of ether oxygens (including phenoxy) is 1. The van der Waals surface area contributed by atoms with Gasteiger partial charge in [0.2, 0.25) is 0 Å². The lowest BCUT2D eigenvalue weighted by atomic mass is 9.55. The molecule has 0 heterocycles. The van der Waals surface area contributed by atoms with Gasteiger partial charge >= 0.3 is 5.97 Å². The largest absolute Gasteiger partial charge is 0.451 e. The maximum Gasteiger partial charge on any atom is 0.339 e. The molecule has 1 aromatic carbocycles. The van der Waals surface area contributed by atoms with Crippen LogP contribution in [0.3, 0.4) is 0 Å². The summed E-state index contributed by atoms with van der Waals surface area (Å²) in [5.74, 6) is 1.09. The van der Waals surface area contributed by atoms with Gasteiger partial charge in [0.1, 0.15) is 5.60 Å². The first-order chi connectivity index (χ1) is 9.75. The molecule has 3 rings (SSSR count). The van der Waals surface area contributed by atoms with Gasteiger partial charge in [0.05, 0.1) is 5.56 Å². The minimum Gasteiger partial charge on any atom is -0.451 e. The molecule has 106 valence electrons. The zero-order chi connectivity index (χ0) is 14.0. The van der Waals surface area contributed by atoms with Gasteiger partial charge in [0.15, 0.2) is 0 Å². The van der Waals surface area contributed by atoms with Crippen LogP contribution in [0, 0.1) is 11.8 Å². The van der Waals surface area contributed by atoms with Gasteiger partial charge in [-0.25, -0.2) is 4.79 Å². The van der Waals surface area contributed by atoms with Crippen LogP contribution in [0.15, 0.2) is 42.5 Å². The van der Waals surface area contributed by atoms with Gasteiger partial charge < -0.3 is 4.74 Å². The first-order valence-electron chi connectivity index (χ1n) is 7.67. The second-order valence-corrected chi connectivity index (χ2v) is 6.07. The number of allylic oxidation sites excluding steroid dienone is 1. The summed E-state index contributed by atoms with van der Waals surface area (Å²) in [5.41, 5.74) is 0.308. The van der Waals surface area contributed by atoms with E-state index in [9.17, 15) is 4.79 Å². The van der Waals surface area contributed by atoms with Gasteiger partial charge in [-0.1, -0.05) is 37.1 Å². The first kappa shape index (κ1) is 13.4. The summed E-state index contributed by atoms with van der Waals surface area (Å²) in [6.07, 6.45) is 10.2. The van der Waals surface area contributed by atoms with E-state index in [2.05, 4.69) is 6.08 Å². The van der Waals surface area contributed by atoms with E-state index in [1.54, 1.807) is 0 Å². The van der Waals surface area contributed by atoms with Crippen molar-refractivity contribution in [1.29, 1.82) is 0 Å². The Morgan fingerprint density at radius 3 is 2.70 bits per heavy atom. The maximum atomic E-state index is 12.3. The Morgan fingerprint density at radius 1 is 1.25 bits per heavy atom. The lowest BCUT2D eigenvalue weighted by Crippen LogP contribution is -2.56. The van der Waals surface area contributed by atoms with E-state index in [-0.39, 0.29) is 11.6 Å². The van der Waals surface area contributed by atoms with E-state index in [0.29, 0.717) is 11.5 Å². The molecule has 0 aliphatic heterocycles. The smallest absolute Gasteiger partial charge is 0.339 e. The van der Waals surface area contributed by atoms with Crippen LogP contribution >= 0.6 is 0 Å². The number of fused-ring (bicyclic) bond motifs is 1. The summed E-state index contributed by atoms with van der Waals surface area (Å²) in [6, 6.07) is 9.32. The van der Waals surface area contributed by atoms with Crippen molar-refractivity contribution in [3.63, 3.8) is 0 Å². The first-order valence-corrected chi connectivity index (χ1v) is 7.67. The molecule has 2 aliphatic rings. The van der Waals surface area contributed by atoms with E-state index < -0.39 is 0 Å². The zero-order valence-corrected chi connectivity index (χ0v) is 12.0. The molecule has 3 unspecified atom stereocenters. The molecule has 0 amide bonds. The molecule has 2 heteroatoms. The van der Waals surface area contributed by atoms with Gasteiger partial charge in [-0.2, -0.15) is 0 Å². The number of esters is 1. The fourth-order valence-electron chi connectivity index (χ4n) is 3.93. The summed E-state index contributed by atoms with van der Waals surface area (Å²) in [6.45, 7) is 2.01. The third-order valence-electron chi connectivity index (χ3n) is 4.86. The lowest BCUT2D eigenvalue weighted by Gasteiger charge is -2.55. The molecule has 0 aromatic heterocycles. The number of benzene rings is 1. The minimum atomic E-state index is -0.341. The van der Waals surface area contributed by atoms with Crippen LogP contribution in [0.2, 0.25) is 0 Å².